The first kappa shape index (κ1) is 17.2. The number of ether oxygens (including phenoxy) is 1. The van der Waals surface area contributed by atoms with Crippen LogP contribution in [0.4, 0.5) is 0 Å². The maximum atomic E-state index is 12.3. The molecule has 1 aromatic heterocycles. The predicted octanol–water partition coefficient (Wildman–Crippen LogP) is 2.34. The molecule has 2 aromatic rings. The molecule has 4 rings (SSSR count). The summed E-state index contributed by atoms with van der Waals surface area (Å²) in [5, 5.41) is 3.20. The molecule has 2 aliphatic rings. The molecule has 1 N–H and O–H groups in total. The van der Waals surface area contributed by atoms with Crippen LogP contribution in [-0.4, -0.2) is 47.6 Å². The van der Waals surface area contributed by atoms with Gasteiger partial charge in [-0.1, -0.05) is 36.4 Å². The first-order chi connectivity index (χ1) is 12.8. The highest BCUT2D eigenvalue weighted by atomic mass is 16.5. The van der Waals surface area contributed by atoms with Crippen LogP contribution in [0.2, 0.25) is 0 Å². The summed E-state index contributed by atoms with van der Waals surface area (Å²) in [5.74, 6) is 0.124. The summed E-state index contributed by atoms with van der Waals surface area (Å²) in [5.41, 5.74) is 2.33. The maximum Gasteiger partial charge on any atom is 0.220 e. The molecule has 26 heavy (non-hydrogen) atoms. The molecule has 3 atom stereocenters. The SMILES string of the molecule is O=C(CCc1cccnc1)N[C@@H]1C[C@H]2CO[C@@H](c3ccccc3)CN2C1. The molecule has 5 nitrogen and oxygen atoms in total. The number of morpholine rings is 1. The van der Waals surface area contributed by atoms with E-state index in [2.05, 4.69) is 39.5 Å². The fraction of sp³-hybridized carbons (Fsp3) is 0.429. The van der Waals surface area contributed by atoms with Crippen molar-refractivity contribution in [3.05, 3.63) is 66.0 Å². The van der Waals surface area contributed by atoms with Crippen molar-refractivity contribution in [3.63, 3.8) is 0 Å². The molecular formula is C21H25N3O2. The van der Waals surface area contributed by atoms with E-state index in [1.54, 1.807) is 6.20 Å². The fourth-order valence-electron chi connectivity index (χ4n) is 3.95. The van der Waals surface area contributed by atoms with Crippen LogP contribution in [0.1, 0.15) is 30.1 Å². The average Bonchev–Trinajstić information content (AvgIpc) is 3.09. The lowest BCUT2D eigenvalue weighted by Crippen LogP contribution is -2.43. The Morgan fingerprint density at radius 1 is 1.19 bits per heavy atom. The number of fused-ring (bicyclic) bond motifs is 1. The largest absolute Gasteiger partial charge is 0.371 e. The van der Waals surface area contributed by atoms with Gasteiger partial charge < -0.3 is 10.1 Å². The molecule has 136 valence electrons. The van der Waals surface area contributed by atoms with E-state index in [0.29, 0.717) is 12.5 Å². The van der Waals surface area contributed by atoms with E-state index >= 15 is 0 Å². The first-order valence-electron chi connectivity index (χ1n) is 9.37. The summed E-state index contributed by atoms with van der Waals surface area (Å²) < 4.78 is 6.08. The Morgan fingerprint density at radius 2 is 2.08 bits per heavy atom. The fourth-order valence-corrected chi connectivity index (χ4v) is 3.95. The highest BCUT2D eigenvalue weighted by Crippen LogP contribution is 2.30. The molecule has 1 amide bonds. The van der Waals surface area contributed by atoms with Crippen molar-refractivity contribution in [1.82, 2.24) is 15.2 Å². The number of aromatic nitrogens is 1. The van der Waals surface area contributed by atoms with Crippen LogP contribution in [0, 0.1) is 0 Å². The minimum Gasteiger partial charge on any atom is -0.371 e. The average molecular weight is 351 g/mol. The third kappa shape index (κ3) is 4.11. The number of aryl methyl sites for hydroxylation is 1. The molecule has 0 bridgehead atoms. The predicted molar refractivity (Wildman–Crippen MR) is 99.6 cm³/mol. The highest BCUT2D eigenvalue weighted by Gasteiger charge is 2.38. The van der Waals surface area contributed by atoms with E-state index in [0.717, 1.165) is 38.1 Å². The van der Waals surface area contributed by atoms with Gasteiger partial charge in [0.1, 0.15) is 0 Å². The molecule has 0 saturated carbocycles. The summed E-state index contributed by atoms with van der Waals surface area (Å²) in [7, 11) is 0. The molecule has 5 heteroatoms. The molecule has 2 aliphatic heterocycles. The normalized spacial score (nSPS) is 25.6. The quantitative estimate of drug-likeness (QED) is 0.898. The number of carbonyl (C=O) groups is 1. The lowest BCUT2D eigenvalue weighted by Gasteiger charge is -2.35. The van der Waals surface area contributed by atoms with Gasteiger partial charge in [-0.2, -0.15) is 0 Å². The molecule has 0 unspecified atom stereocenters. The lowest BCUT2D eigenvalue weighted by atomic mass is 10.1. The van der Waals surface area contributed by atoms with Crippen LogP contribution in [0.25, 0.3) is 0 Å². The number of carbonyl (C=O) groups excluding carboxylic acids is 1. The minimum absolute atomic E-state index is 0.124. The third-order valence-electron chi connectivity index (χ3n) is 5.32. The molecule has 1 aromatic carbocycles. The smallest absolute Gasteiger partial charge is 0.220 e. The maximum absolute atomic E-state index is 12.3. The zero-order chi connectivity index (χ0) is 17.8. The van der Waals surface area contributed by atoms with E-state index in [1.807, 2.05) is 24.4 Å². The number of hydrogen-bond donors (Lipinski definition) is 1. The summed E-state index contributed by atoms with van der Waals surface area (Å²) in [6.07, 6.45) is 5.93. The van der Waals surface area contributed by atoms with Crippen LogP contribution < -0.4 is 5.32 Å². The van der Waals surface area contributed by atoms with Crippen LogP contribution in [0.15, 0.2) is 54.9 Å². The standard InChI is InChI=1S/C21H25N3O2/c25-21(9-8-16-5-4-10-22-12-16)23-18-11-19-15-26-20(14-24(19)13-18)17-6-2-1-3-7-17/h1-7,10,12,18-20H,8-9,11,13-15H2,(H,23,25)/t18-,19+,20-/m1/s1. The van der Waals surface area contributed by atoms with E-state index in [1.165, 1.54) is 5.56 Å². The van der Waals surface area contributed by atoms with Gasteiger partial charge in [0.25, 0.3) is 0 Å². The molecule has 2 fully saturated rings. The van der Waals surface area contributed by atoms with Gasteiger partial charge in [-0.3, -0.25) is 14.7 Å². The van der Waals surface area contributed by atoms with Gasteiger partial charge in [0, 0.05) is 44.0 Å². The number of nitrogens with one attached hydrogen (secondary N) is 1. The van der Waals surface area contributed by atoms with Crippen molar-refractivity contribution >= 4 is 5.91 Å². The van der Waals surface area contributed by atoms with Crippen LogP contribution in [-0.2, 0) is 16.0 Å². The first-order valence-corrected chi connectivity index (χ1v) is 9.37. The molecule has 0 aliphatic carbocycles. The lowest BCUT2D eigenvalue weighted by molar-refractivity contribution is -0.121. The number of rotatable bonds is 5. The van der Waals surface area contributed by atoms with Crippen molar-refractivity contribution in [1.29, 1.82) is 0 Å². The Kier molecular flexibility index (Phi) is 5.27. The Hall–Kier alpha value is -2.24. The molecular weight excluding hydrogens is 326 g/mol. The van der Waals surface area contributed by atoms with Crippen LogP contribution in [0.5, 0.6) is 0 Å². The van der Waals surface area contributed by atoms with Gasteiger partial charge in [-0.25, -0.2) is 0 Å². The van der Waals surface area contributed by atoms with E-state index in [9.17, 15) is 4.79 Å². The Balaban J connectivity index is 1.26. The summed E-state index contributed by atoms with van der Waals surface area (Å²) in [4.78, 5) is 18.8. The monoisotopic (exact) mass is 351 g/mol. The zero-order valence-electron chi connectivity index (χ0n) is 14.9. The third-order valence-corrected chi connectivity index (χ3v) is 5.32. The number of nitrogens with zero attached hydrogens (tertiary/aromatic N) is 2. The van der Waals surface area contributed by atoms with Gasteiger partial charge in [0.2, 0.25) is 5.91 Å². The van der Waals surface area contributed by atoms with Crippen molar-refractivity contribution < 1.29 is 9.53 Å². The molecule has 3 heterocycles. The van der Waals surface area contributed by atoms with Crippen LogP contribution in [0.3, 0.4) is 0 Å². The topological polar surface area (TPSA) is 54.5 Å². The van der Waals surface area contributed by atoms with Crippen molar-refractivity contribution in [2.75, 3.05) is 19.7 Å². The van der Waals surface area contributed by atoms with Crippen molar-refractivity contribution in [2.45, 2.75) is 37.5 Å². The van der Waals surface area contributed by atoms with Gasteiger partial charge in [-0.15, -0.1) is 0 Å². The Labute approximate surface area is 154 Å². The molecule has 0 spiro atoms. The van der Waals surface area contributed by atoms with E-state index < -0.39 is 0 Å². The second kappa shape index (κ2) is 7.98. The Morgan fingerprint density at radius 3 is 2.88 bits per heavy atom. The number of hydrogen-bond acceptors (Lipinski definition) is 4. The number of pyridine rings is 1. The van der Waals surface area contributed by atoms with Crippen molar-refractivity contribution in [2.24, 2.45) is 0 Å². The number of amides is 1. The second-order valence-electron chi connectivity index (χ2n) is 7.20. The van der Waals surface area contributed by atoms with Gasteiger partial charge >= 0.3 is 0 Å². The summed E-state index contributed by atoms with van der Waals surface area (Å²) in [6.45, 7) is 2.55. The van der Waals surface area contributed by atoms with Crippen LogP contribution >= 0.6 is 0 Å². The molecule has 0 radical (unpaired) electrons. The minimum atomic E-state index is 0.124. The Bertz CT molecular complexity index is 723. The van der Waals surface area contributed by atoms with E-state index in [-0.39, 0.29) is 18.1 Å². The highest BCUT2D eigenvalue weighted by molar-refractivity contribution is 5.76. The molecule has 2 saturated heterocycles. The number of benzene rings is 1. The summed E-state index contributed by atoms with van der Waals surface area (Å²) in [6, 6.07) is 14.9. The van der Waals surface area contributed by atoms with E-state index in [4.69, 9.17) is 4.74 Å². The van der Waals surface area contributed by atoms with Gasteiger partial charge in [0.15, 0.2) is 0 Å². The second-order valence-corrected chi connectivity index (χ2v) is 7.20. The van der Waals surface area contributed by atoms with Crippen molar-refractivity contribution in [3.8, 4) is 0 Å². The zero-order valence-corrected chi connectivity index (χ0v) is 14.9. The van der Waals surface area contributed by atoms with Gasteiger partial charge in [0.05, 0.1) is 12.7 Å². The summed E-state index contributed by atoms with van der Waals surface area (Å²) >= 11 is 0. The van der Waals surface area contributed by atoms with Gasteiger partial charge in [-0.05, 0) is 30.0 Å².